The van der Waals surface area contributed by atoms with E-state index >= 15 is 0 Å². The van der Waals surface area contributed by atoms with Crippen LogP contribution in [0.2, 0.25) is 0 Å². The molecule has 1 aromatic carbocycles. The van der Waals surface area contributed by atoms with Crippen LogP contribution in [0.1, 0.15) is 41.6 Å². The number of carbonyl (C=O) groups excluding carboxylic acids is 1. The number of rotatable bonds is 5. The van der Waals surface area contributed by atoms with Gasteiger partial charge in [0.15, 0.2) is 6.29 Å². The van der Waals surface area contributed by atoms with Crippen molar-refractivity contribution in [1.82, 2.24) is 0 Å². The van der Waals surface area contributed by atoms with Crippen molar-refractivity contribution in [2.75, 3.05) is 18.1 Å². The van der Waals surface area contributed by atoms with Gasteiger partial charge in [0.25, 0.3) is 0 Å². The summed E-state index contributed by atoms with van der Waals surface area (Å²) in [6.45, 7) is 2.72. The Morgan fingerprint density at radius 3 is 2.72 bits per heavy atom. The van der Waals surface area contributed by atoms with Gasteiger partial charge < -0.3 is 10.0 Å². The van der Waals surface area contributed by atoms with Crippen molar-refractivity contribution in [2.45, 2.75) is 38.6 Å². The molecule has 0 atom stereocenters. The highest BCUT2D eigenvalue weighted by Crippen LogP contribution is 2.30. The molecule has 0 unspecified atom stereocenters. The monoisotopic (exact) mass is 247 g/mol. The lowest BCUT2D eigenvalue weighted by atomic mass is 10.1. The molecule has 1 saturated carbocycles. The van der Waals surface area contributed by atoms with Crippen LogP contribution in [0.5, 0.6) is 0 Å². The first-order chi connectivity index (χ1) is 8.76. The van der Waals surface area contributed by atoms with Crippen LogP contribution in [0.15, 0.2) is 18.2 Å². The summed E-state index contributed by atoms with van der Waals surface area (Å²) in [5, 5.41) is 9.25. The highest BCUT2D eigenvalue weighted by atomic mass is 16.3. The minimum Gasteiger partial charge on any atom is -0.395 e. The van der Waals surface area contributed by atoms with Crippen molar-refractivity contribution in [3.05, 3.63) is 29.3 Å². The summed E-state index contributed by atoms with van der Waals surface area (Å²) in [6.07, 6.45) is 5.73. The number of aliphatic hydroxyl groups excluding tert-OH is 1. The highest BCUT2D eigenvalue weighted by Gasteiger charge is 2.24. The summed E-state index contributed by atoms with van der Waals surface area (Å²) in [6, 6.07) is 6.43. The Morgan fingerprint density at radius 1 is 1.39 bits per heavy atom. The van der Waals surface area contributed by atoms with E-state index in [0.29, 0.717) is 12.6 Å². The molecule has 98 valence electrons. The van der Waals surface area contributed by atoms with E-state index < -0.39 is 0 Å². The second-order valence-corrected chi connectivity index (χ2v) is 5.04. The van der Waals surface area contributed by atoms with Gasteiger partial charge in [0.1, 0.15) is 0 Å². The van der Waals surface area contributed by atoms with E-state index in [1.54, 1.807) is 0 Å². The van der Waals surface area contributed by atoms with E-state index in [-0.39, 0.29) is 6.61 Å². The molecule has 1 aromatic rings. The molecular weight excluding hydrogens is 226 g/mol. The number of aryl methyl sites for hydroxylation is 1. The molecule has 0 radical (unpaired) electrons. The molecule has 1 aliphatic rings. The SMILES string of the molecule is Cc1ccc(N(CCO)C2CCCC2)c(C=O)c1. The fourth-order valence-electron chi connectivity index (χ4n) is 2.85. The van der Waals surface area contributed by atoms with Gasteiger partial charge in [0.2, 0.25) is 0 Å². The zero-order valence-corrected chi connectivity index (χ0v) is 10.9. The summed E-state index contributed by atoms with van der Waals surface area (Å²) in [5.41, 5.74) is 2.79. The Balaban J connectivity index is 2.31. The molecule has 1 N–H and O–H groups in total. The molecule has 3 heteroatoms. The van der Waals surface area contributed by atoms with Crippen LogP contribution in [-0.2, 0) is 0 Å². The second kappa shape index (κ2) is 6.01. The first-order valence-corrected chi connectivity index (χ1v) is 6.69. The summed E-state index contributed by atoms with van der Waals surface area (Å²) in [7, 11) is 0. The molecule has 0 aliphatic heterocycles. The summed E-state index contributed by atoms with van der Waals surface area (Å²) in [4.78, 5) is 13.4. The predicted molar refractivity (Wildman–Crippen MR) is 73.3 cm³/mol. The molecule has 0 amide bonds. The van der Waals surface area contributed by atoms with Gasteiger partial charge >= 0.3 is 0 Å². The third-order valence-electron chi connectivity index (χ3n) is 3.73. The number of aliphatic hydroxyl groups is 1. The molecule has 0 bridgehead atoms. The zero-order valence-electron chi connectivity index (χ0n) is 10.9. The third kappa shape index (κ3) is 2.72. The molecule has 0 aromatic heterocycles. The van der Waals surface area contributed by atoms with Crippen molar-refractivity contribution in [3.63, 3.8) is 0 Å². The molecule has 3 nitrogen and oxygen atoms in total. The summed E-state index contributed by atoms with van der Waals surface area (Å²) < 4.78 is 0. The van der Waals surface area contributed by atoms with Crippen LogP contribution < -0.4 is 4.90 Å². The standard InChI is InChI=1S/C15H21NO2/c1-12-6-7-15(13(10-12)11-18)16(8-9-17)14-4-2-3-5-14/h6-7,10-11,14,17H,2-5,8-9H2,1H3. The molecule has 1 aliphatic carbocycles. The van der Waals surface area contributed by atoms with Gasteiger partial charge in [-0.15, -0.1) is 0 Å². The fraction of sp³-hybridized carbons (Fsp3) is 0.533. The molecular formula is C15H21NO2. The van der Waals surface area contributed by atoms with E-state index in [1.807, 2.05) is 25.1 Å². The van der Waals surface area contributed by atoms with Gasteiger partial charge in [-0.3, -0.25) is 4.79 Å². The smallest absolute Gasteiger partial charge is 0.152 e. The van der Waals surface area contributed by atoms with Gasteiger partial charge in [0.05, 0.1) is 6.61 Å². The van der Waals surface area contributed by atoms with E-state index in [2.05, 4.69) is 4.90 Å². The van der Waals surface area contributed by atoms with Gasteiger partial charge in [0, 0.05) is 23.8 Å². The summed E-state index contributed by atoms with van der Waals surface area (Å²) in [5.74, 6) is 0. The number of benzene rings is 1. The third-order valence-corrected chi connectivity index (χ3v) is 3.73. The van der Waals surface area contributed by atoms with E-state index in [4.69, 9.17) is 0 Å². The minimum absolute atomic E-state index is 0.128. The van der Waals surface area contributed by atoms with Gasteiger partial charge in [-0.05, 0) is 31.9 Å². The fourth-order valence-corrected chi connectivity index (χ4v) is 2.85. The largest absolute Gasteiger partial charge is 0.395 e. The maximum absolute atomic E-state index is 11.2. The lowest BCUT2D eigenvalue weighted by Crippen LogP contribution is -2.36. The van der Waals surface area contributed by atoms with Crippen LogP contribution in [-0.4, -0.2) is 30.6 Å². The van der Waals surface area contributed by atoms with Crippen molar-refractivity contribution < 1.29 is 9.90 Å². The number of aldehydes is 1. The number of hydrogen-bond donors (Lipinski definition) is 1. The predicted octanol–water partition coefficient (Wildman–Crippen LogP) is 2.55. The van der Waals surface area contributed by atoms with Crippen molar-refractivity contribution in [1.29, 1.82) is 0 Å². The molecule has 18 heavy (non-hydrogen) atoms. The number of hydrogen-bond acceptors (Lipinski definition) is 3. The van der Waals surface area contributed by atoms with Crippen molar-refractivity contribution in [2.24, 2.45) is 0 Å². The average molecular weight is 247 g/mol. The molecule has 0 spiro atoms. The molecule has 0 heterocycles. The second-order valence-electron chi connectivity index (χ2n) is 5.04. The number of anilines is 1. The maximum Gasteiger partial charge on any atom is 0.152 e. The van der Waals surface area contributed by atoms with E-state index in [1.165, 1.54) is 12.8 Å². The van der Waals surface area contributed by atoms with Gasteiger partial charge in [-0.2, -0.15) is 0 Å². The van der Waals surface area contributed by atoms with Crippen molar-refractivity contribution >= 4 is 12.0 Å². The lowest BCUT2D eigenvalue weighted by molar-refractivity contribution is 0.112. The van der Waals surface area contributed by atoms with Crippen LogP contribution in [0, 0.1) is 6.92 Å². The lowest BCUT2D eigenvalue weighted by Gasteiger charge is -2.31. The van der Waals surface area contributed by atoms with Crippen LogP contribution in [0.3, 0.4) is 0 Å². The van der Waals surface area contributed by atoms with Crippen molar-refractivity contribution in [3.8, 4) is 0 Å². The molecule has 0 saturated heterocycles. The zero-order chi connectivity index (χ0) is 13.0. The van der Waals surface area contributed by atoms with Gasteiger partial charge in [-0.1, -0.05) is 24.5 Å². The van der Waals surface area contributed by atoms with Gasteiger partial charge in [-0.25, -0.2) is 0 Å². The Labute approximate surface area is 108 Å². The van der Waals surface area contributed by atoms with Crippen LogP contribution >= 0.6 is 0 Å². The minimum atomic E-state index is 0.128. The highest BCUT2D eigenvalue weighted by molar-refractivity contribution is 5.85. The Morgan fingerprint density at radius 2 is 2.11 bits per heavy atom. The van der Waals surface area contributed by atoms with Crippen LogP contribution in [0.4, 0.5) is 5.69 Å². The van der Waals surface area contributed by atoms with E-state index in [9.17, 15) is 9.90 Å². The first-order valence-electron chi connectivity index (χ1n) is 6.69. The quantitative estimate of drug-likeness (QED) is 0.813. The number of carbonyl (C=O) groups is 1. The Bertz CT molecular complexity index is 411. The molecule has 2 rings (SSSR count). The first kappa shape index (κ1) is 13.1. The average Bonchev–Trinajstić information content (AvgIpc) is 2.90. The normalized spacial score (nSPS) is 15.9. The Kier molecular flexibility index (Phi) is 4.37. The Hall–Kier alpha value is -1.35. The molecule has 1 fully saturated rings. The van der Waals surface area contributed by atoms with Crippen LogP contribution in [0.25, 0.3) is 0 Å². The maximum atomic E-state index is 11.2. The topological polar surface area (TPSA) is 40.5 Å². The summed E-state index contributed by atoms with van der Waals surface area (Å²) >= 11 is 0. The van der Waals surface area contributed by atoms with E-state index in [0.717, 1.165) is 35.9 Å². The number of nitrogens with zero attached hydrogens (tertiary/aromatic N) is 1.